The van der Waals surface area contributed by atoms with Crippen molar-refractivity contribution in [2.45, 2.75) is 27.7 Å². The second-order valence-corrected chi connectivity index (χ2v) is 17.1. The average molecular weight is 1040 g/mol. The third-order valence-electron chi connectivity index (χ3n) is 12.0. The van der Waals surface area contributed by atoms with Crippen LogP contribution < -0.4 is 18.9 Å². The number of fused-ring (bicyclic) bond motifs is 20. The van der Waals surface area contributed by atoms with Crippen LogP contribution in [0.15, 0.2) is 72.8 Å². The summed E-state index contributed by atoms with van der Waals surface area (Å²) in [6.45, 7) is 17.3. The zero-order valence-corrected chi connectivity index (χ0v) is 43.7. The SMILES string of the molecule is CCOCCOCCOc1ccc2c(c1)-c1nc-2nc2[nH]c(nc3nc(nc4[nH]c(n1)c1ccc(OCCOCCOCC)cc41)-c1ccc(OCCOCCOCC)cc1-3)c1ccc(OCCOCCOCC)cc21. The zero-order chi connectivity index (χ0) is 52.3. The molecule has 0 unspecified atom stereocenters. The summed E-state index contributed by atoms with van der Waals surface area (Å²) in [4.78, 5) is 38.3. The fraction of sp³-hybridized carbons (Fsp3) is 0.429. The van der Waals surface area contributed by atoms with Crippen LogP contribution in [-0.4, -0.2) is 172 Å². The van der Waals surface area contributed by atoms with Crippen LogP contribution in [0, 0.1) is 0 Å². The van der Waals surface area contributed by atoms with E-state index in [1.165, 1.54) is 0 Å². The molecule has 0 aliphatic carbocycles. The van der Waals surface area contributed by atoms with Gasteiger partial charge in [-0.1, -0.05) is 0 Å². The van der Waals surface area contributed by atoms with Crippen LogP contribution in [-0.2, 0) is 37.9 Å². The number of aromatic nitrogens is 8. The van der Waals surface area contributed by atoms with Crippen molar-refractivity contribution in [3.63, 3.8) is 0 Å². The van der Waals surface area contributed by atoms with E-state index in [4.69, 9.17) is 86.7 Å². The molecule has 0 spiro atoms. The first kappa shape index (κ1) is 53.9. The highest BCUT2D eigenvalue weighted by atomic mass is 16.6. The molecule has 2 aliphatic rings. The van der Waals surface area contributed by atoms with E-state index in [2.05, 4.69) is 9.97 Å². The van der Waals surface area contributed by atoms with E-state index in [1.807, 2.05) is 100 Å². The molecule has 8 bridgehead atoms. The lowest BCUT2D eigenvalue weighted by atomic mass is 10.1. The Balaban J connectivity index is 1.17. The van der Waals surface area contributed by atoms with Crippen molar-refractivity contribution in [3.8, 4) is 68.5 Å². The van der Waals surface area contributed by atoms with Gasteiger partial charge in [0.05, 0.1) is 79.3 Å². The van der Waals surface area contributed by atoms with Gasteiger partial charge in [0.25, 0.3) is 0 Å². The van der Waals surface area contributed by atoms with Crippen LogP contribution in [0.4, 0.5) is 0 Å². The van der Waals surface area contributed by atoms with Crippen LogP contribution in [0.1, 0.15) is 27.7 Å². The number of hydrogen-bond acceptors (Lipinski definition) is 18. The quantitative estimate of drug-likeness (QED) is 0.0377. The van der Waals surface area contributed by atoms with E-state index in [0.717, 1.165) is 43.8 Å². The number of ether oxygens (including phenoxy) is 12. The first-order valence-electron chi connectivity index (χ1n) is 26.1. The second kappa shape index (κ2) is 27.8. The summed E-state index contributed by atoms with van der Waals surface area (Å²) >= 11 is 0. The molecule has 3 aromatic heterocycles. The standard InChI is InChI=1S/C56H66N8O12/c1-5-65-17-21-69-25-29-73-37-9-13-41-45(33-37)53-57-49(41)62-54-47-35-39(75-31-27-71-23-19-67-7-3)11-15-43(47)51(59-54)64-56-48-36-40(76-32-28-72-24-20-68-8-4)12-16-44(48)52(60-56)63-55-46-34-38(10-14-42(46)50(58-55)61-53)74-30-26-70-22-18-66-6-2/h9-16,33-36H,5-8,17-32H2,1-4H3,(H2,57,58,59,60,61,62,63,64). The van der Waals surface area contributed by atoms with Gasteiger partial charge in [-0.15, -0.1) is 0 Å². The fourth-order valence-corrected chi connectivity index (χ4v) is 8.40. The summed E-state index contributed by atoms with van der Waals surface area (Å²) in [7, 11) is 0. The Morgan fingerprint density at radius 3 is 0.895 bits per heavy atom. The third-order valence-corrected chi connectivity index (χ3v) is 12.0. The van der Waals surface area contributed by atoms with Crippen molar-refractivity contribution in [3.05, 3.63) is 72.8 Å². The lowest BCUT2D eigenvalue weighted by molar-refractivity contribution is 0.0405. The van der Waals surface area contributed by atoms with E-state index in [0.29, 0.717) is 201 Å². The minimum absolute atomic E-state index is 0.334. The maximum atomic E-state index is 6.21. The van der Waals surface area contributed by atoms with Crippen LogP contribution in [0.2, 0.25) is 0 Å². The van der Waals surface area contributed by atoms with E-state index in [1.54, 1.807) is 0 Å². The minimum atomic E-state index is 0.334. The molecule has 20 heteroatoms. The van der Waals surface area contributed by atoms with E-state index >= 15 is 0 Å². The van der Waals surface area contributed by atoms with Crippen molar-refractivity contribution < 1.29 is 56.8 Å². The molecule has 0 radical (unpaired) electrons. The first-order valence-corrected chi connectivity index (χ1v) is 26.1. The maximum absolute atomic E-state index is 6.21. The third kappa shape index (κ3) is 13.9. The fourth-order valence-electron chi connectivity index (χ4n) is 8.40. The molecule has 0 amide bonds. The van der Waals surface area contributed by atoms with Crippen molar-refractivity contribution in [1.29, 1.82) is 0 Å². The minimum Gasteiger partial charge on any atom is -0.491 e. The van der Waals surface area contributed by atoms with Gasteiger partial charge < -0.3 is 66.8 Å². The van der Waals surface area contributed by atoms with Crippen molar-refractivity contribution in [2.75, 3.05) is 132 Å². The largest absolute Gasteiger partial charge is 0.491 e. The summed E-state index contributed by atoms with van der Waals surface area (Å²) in [6, 6.07) is 23.2. The lowest BCUT2D eigenvalue weighted by Gasteiger charge is -2.09. The molecule has 0 fully saturated rings. The summed E-state index contributed by atoms with van der Waals surface area (Å²) in [6.07, 6.45) is 0. The van der Waals surface area contributed by atoms with Crippen LogP contribution in [0.25, 0.3) is 89.7 Å². The molecule has 0 saturated heterocycles. The highest BCUT2D eigenvalue weighted by molar-refractivity contribution is 6.07. The number of H-pyrrole nitrogens is 2. The number of hydrogen-bond donors (Lipinski definition) is 2. The number of nitrogens with one attached hydrogen (secondary N) is 2. The zero-order valence-electron chi connectivity index (χ0n) is 43.7. The summed E-state index contributed by atoms with van der Waals surface area (Å²) in [5.41, 5.74) is 4.99. The van der Waals surface area contributed by atoms with Crippen LogP contribution in [0.5, 0.6) is 23.0 Å². The summed E-state index contributed by atoms with van der Waals surface area (Å²) < 4.78 is 69.4. The Morgan fingerprint density at radius 1 is 0.276 bits per heavy atom. The Bertz CT molecular complexity index is 2980. The molecule has 20 nitrogen and oxygen atoms in total. The molecule has 2 N–H and O–H groups in total. The van der Waals surface area contributed by atoms with Gasteiger partial charge in [-0.05, 0) is 100 Å². The Kier molecular flexibility index (Phi) is 19.7. The molecule has 0 atom stereocenters. The normalized spacial score (nSPS) is 11.8. The van der Waals surface area contributed by atoms with E-state index in [-0.39, 0.29) is 0 Å². The number of nitrogens with zero attached hydrogens (tertiary/aromatic N) is 6. The Labute approximate surface area is 440 Å². The summed E-state index contributed by atoms with van der Waals surface area (Å²) in [5.74, 6) is 4.19. The van der Waals surface area contributed by atoms with Gasteiger partial charge in [0.15, 0.2) is 23.3 Å². The van der Waals surface area contributed by atoms with Gasteiger partial charge in [0.1, 0.15) is 72.0 Å². The van der Waals surface area contributed by atoms with Gasteiger partial charge in [-0.25, -0.2) is 29.9 Å². The summed E-state index contributed by atoms with van der Waals surface area (Å²) in [5, 5.41) is 3.06. The molecule has 9 rings (SSSR count). The molecular formula is C56H66N8O12. The second-order valence-electron chi connectivity index (χ2n) is 17.1. The maximum Gasteiger partial charge on any atom is 0.164 e. The highest BCUT2D eigenvalue weighted by Crippen LogP contribution is 2.40. The molecule has 0 saturated carbocycles. The number of rotatable bonds is 32. The van der Waals surface area contributed by atoms with E-state index in [9.17, 15) is 0 Å². The van der Waals surface area contributed by atoms with Gasteiger partial charge in [0.2, 0.25) is 0 Å². The van der Waals surface area contributed by atoms with Crippen molar-refractivity contribution in [1.82, 2.24) is 39.9 Å². The van der Waals surface area contributed by atoms with Gasteiger partial charge in [-0.2, -0.15) is 0 Å². The lowest BCUT2D eigenvalue weighted by Crippen LogP contribution is -2.10. The predicted molar refractivity (Wildman–Crippen MR) is 287 cm³/mol. The molecule has 7 aromatic rings. The number of benzene rings is 4. The van der Waals surface area contributed by atoms with Gasteiger partial charge in [0, 0.05) is 70.2 Å². The van der Waals surface area contributed by atoms with Crippen LogP contribution >= 0.6 is 0 Å². The molecule has 2 aliphatic heterocycles. The average Bonchev–Trinajstić information content (AvgIpc) is 4.21. The van der Waals surface area contributed by atoms with Gasteiger partial charge >= 0.3 is 0 Å². The monoisotopic (exact) mass is 1040 g/mol. The molecular weight excluding hydrogens is 977 g/mol. The topological polar surface area (TPSA) is 220 Å². The smallest absolute Gasteiger partial charge is 0.164 e. The van der Waals surface area contributed by atoms with E-state index < -0.39 is 0 Å². The molecule has 5 heterocycles. The molecule has 402 valence electrons. The van der Waals surface area contributed by atoms with Gasteiger partial charge in [-0.3, -0.25) is 0 Å². The van der Waals surface area contributed by atoms with Crippen molar-refractivity contribution >= 4 is 44.1 Å². The Hall–Kier alpha value is -6.88. The van der Waals surface area contributed by atoms with Crippen molar-refractivity contribution in [2.24, 2.45) is 0 Å². The first-order chi connectivity index (χ1) is 37.5. The number of aromatic amines is 2. The molecule has 76 heavy (non-hydrogen) atoms. The molecule has 4 aromatic carbocycles. The predicted octanol–water partition coefficient (Wildman–Crippen LogP) is 8.60. The Morgan fingerprint density at radius 2 is 0.553 bits per heavy atom. The highest BCUT2D eigenvalue weighted by Gasteiger charge is 2.24. The van der Waals surface area contributed by atoms with Crippen LogP contribution in [0.3, 0.4) is 0 Å².